The summed E-state index contributed by atoms with van der Waals surface area (Å²) in [6.07, 6.45) is 2.54. The normalized spacial score (nSPS) is 18.1. The van der Waals surface area contributed by atoms with E-state index in [1.807, 2.05) is 12.1 Å². The summed E-state index contributed by atoms with van der Waals surface area (Å²) in [5.74, 6) is 1.39. The average molecular weight is 242 g/mol. The van der Waals surface area contributed by atoms with Gasteiger partial charge in [0.15, 0.2) is 0 Å². The number of benzene rings is 1. The topological polar surface area (TPSA) is 63.6 Å². The molecule has 0 aromatic heterocycles. The van der Waals surface area contributed by atoms with Crippen LogP contribution in [0.5, 0.6) is 5.75 Å². The lowest BCUT2D eigenvalue weighted by molar-refractivity contribution is 0.386. The van der Waals surface area contributed by atoms with Crippen molar-refractivity contribution in [3.63, 3.8) is 0 Å². The SMILES string of the molecule is CC(c1ccc(OS(=O)(=O)O)cc1)C1CC1. The highest BCUT2D eigenvalue weighted by Gasteiger charge is 2.28. The van der Waals surface area contributed by atoms with E-state index in [9.17, 15) is 8.42 Å². The molecule has 1 atom stereocenters. The Balaban J connectivity index is 2.09. The standard InChI is InChI=1S/C11H14O4S/c1-8(9-2-3-9)10-4-6-11(7-5-10)15-16(12,13)14/h4-9H,2-3H2,1H3,(H,12,13,14). The van der Waals surface area contributed by atoms with Crippen molar-refractivity contribution in [1.82, 2.24) is 0 Å². The number of hydrogen-bond donors (Lipinski definition) is 1. The van der Waals surface area contributed by atoms with Crippen molar-refractivity contribution in [2.45, 2.75) is 25.7 Å². The fraction of sp³-hybridized carbons (Fsp3) is 0.455. The first-order valence-electron chi connectivity index (χ1n) is 5.22. The van der Waals surface area contributed by atoms with Crippen LogP contribution in [0.2, 0.25) is 0 Å². The molecule has 2 rings (SSSR count). The molecule has 1 unspecified atom stereocenters. The van der Waals surface area contributed by atoms with Gasteiger partial charge in [0.2, 0.25) is 0 Å². The predicted molar refractivity (Wildman–Crippen MR) is 59.8 cm³/mol. The van der Waals surface area contributed by atoms with E-state index < -0.39 is 10.4 Å². The summed E-state index contributed by atoms with van der Waals surface area (Å²) < 4.78 is 33.8. The molecule has 0 spiro atoms. The van der Waals surface area contributed by atoms with E-state index in [4.69, 9.17) is 4.55 Å². The first kappa shape index (κ1) is 11.4. The van der Waals surface area contributed by atoms with Crippen LogP contribution in [0.4, 0.5) is 0 Å². The fourth-order valence-electron chi connectivity index (χ4n) is 1.82. The van der Waals surface area contributed by atoms with E-state index in [0.717, 1.165) is 5.92 Å². The molecule has 1 N–H and O–H groups in total. The lowest BCUT2D eigenvalue weighted by Gasteiger charge is -2.10. The smallest absolute Gasteiger partial charge is 0.362 e. The molecule has 88 valence electrons. The van der Waals surface area contributed by atoms with Gasteiger partial charge in [-0.05, 0) is 42.4 Å². The summed E-state index contributed by atoms with van der Waals surface area (Å²) in [4.78, 5) is 0. The molecule has 0 saturated heterocycles. The van der Waals surface area contributed by atoms with E-state index in [1.54, 1.807) is 12.1 Å². The van der Waals surface area contributed by atoms with Crippen LogP contribution in [0.3, 0.4) is 0 Å². The second-order valence-electron chi connectivity index (χ2n) is 4.21. The molecule has 4 nitrogen and oxygen atoms in total. The van der Waals surface area contributed by atoms with Crippen molar-refractivity contribution in [1.29, 1.82) is 0 Å². The van der Waals surface area contributed by atoms with Crippen LogP contribution >= 0.6 is 0 Å². The summed E-state index contributed by atoms with van der Waals surface area (Å²) in [6, 6.07) is 6.79. The Bertz CT molecular complexity index is 459. The first-order valence-corrected chi connectivity index (χ1v) is 6.59. The minimum Gasteiger partial charge on any atom is -0.362 e. The van der Waals surface area contributed by atoms with Crippen molar-refractivity contribution in [2.24, 2.45) is 5.92 Å². The van der Waals surface area contributed by atoms with E-state index >= 15 is 0 Å². The zero-order valence-electron chi connectivity index (χ0n) is 8.96. The molecule has 0 radical (unpaired) electrons. The number of hydrogen-bond acceptors (Lipinski definition) is 3. The van der Waals surface area contributed by atoms with Gasteiger partial charge < -0.3 is 4.18 Å². The molecule has 1 saturated carbocycles. The van der Waals surface area contributed by atoms with Crippen LogP contribution in [0.15, 0.2) is 24.3 Å². The second kappa shape index (κ2) is 4.07. The van der Waals surface area contributed by atoms with Crippen molar-refractivity contribution in [2.75, 3.05) is 0 Å². The zero-order valence-corrected chi connectivity index (χ0v) is 9.78. The van der Waals surface area contributed by atoms with E-state index in [1.165, 1.54) is 18.4 Å². The van der Waals surface area contributed by atoms with Crippen molar-refractivity contribution in [3.05, 3.63) is 29.8 Å². The molecular formula is C11H14O4S. The summed E-state index contributed by atoms with van der Waals surface area (Å²) in [5, 5.41) is 0. The average Bonchev–Trinajstić information content (AvgIpc) is 2.98. The molecule has 1 fully saturated rings. The van der Waals surface area contributed by atoms with Gasteiger partial charge in [-0.25, -0.2) is 0 Å². The third kappa shape index (κ3) is 2.96. The monoisotopic (exact) mass is 242 g/mol. The van der Waals surface area contributed by atoms with Gasteiger partial charge in [0, 0.05) is 0 Å². The molecule has 0 heterocycles. The Morgan fingerprint density at radius 3 is 2.31 bits per heavy atom. The van der Waals surface area contributed by atoms with E-state index in [-0.39, 0.29) is 5.75 Å². The maximum Gasteiger partial charge on any atom is 0.446 e. The maximum absolute atomic E-state index is 10.5. The van der Waals surface area contributed by atoms with Crippen LogP contribution in [-0.4, -0.2) is 13.0 Å². The predicted octanol–water partition coefficient (Wildman–Crippen LogP) is 2.38. The third-order valence-corrected chi connectivity index (χ3v) is 3.34. The minimum atomic E-state index is -4.41. The van der Waals surface area contributed by atoms with Crippen molar-refractivity contribution < 1.29 is 17.2 Å². The third-order valence-electron chi connectivity index (χ3n) is 2.94. The van der Waals surface area contributed by atoms with Gasteiger partial charge in [-0.2, -0.15) is 8.42 Å². The molecule has 0 bridgehead atoms. The van der Waals surface area contributed by atoms with Gasteiger partial charge >= 0.3 is 10.4 Å². The first-order chi connectivity index (χ1) is 7.46. The molecule has 0 aliphatic heterocycles. The molecule has 16 heavy (non-hydrogen) atoms. The van der Waals surface area contributed by atoms with Gasteiger partial charge in [0.1, 0.15) is 5.75 Å². The Morgan fingerprint density at radius 1 is 1.31 bits per heavy atom. The van der Waals surface area contributed by atoms with E-state index in [2.05, 4.69) is 11.1 Å². The molecule has 5 heteroatoms. The van der Waals surface area contributed by atoms with Gasteiger partial charge in [-0.3, -0.25) is 4.55 Å². The Labute approximate surface area is 95.2 Å². The van der Waals surface area contributed by atoms with Gasteiger partial charge in [0.05, 0.1) is 0 Å². The van der Waals surface area contributed by atoms with Crippen molar-refractivity contribution in [3.8, 4) is 5.75 Å². The highest BCUT2D eigenvalue weighted by molar-refractivity contribution is 7.81. The second-order valence-corrected chi connectivity index (χ2v) is 5.23. The Hall–Kier alpha value is -1.07. The lowest BCUT2D eigenvalue weighted by Crippen LogP contribution is -2.06. The highest BCUT2D eigenvalue weighted by atomic mass is 32.3. The maximum atomic E-state index is 10.5. The van der Waals surface area contributed by atoms with Crippen LogP contribution in [0.25, 0.3) is 0 Å². The quantitative estimate of drug-likeness (QED) is 0.823. The molecule has 1 aliphatic carbocycles. The fourth-order valence-corrected chi connectivity index (χ4v) is 2.17. The Morgan fingerprint density at radius 2 is 1.88 bits per heavy atom. The lowest BCUT2D eigenvalue weighted by atomic mass is 9.96. The highest BCUT2D eigenvalue weighted by Crippen LogP contribution is 2.42. The van der Waals surface area contributed by atoms with Crippen LogP contribution in [-0.2, 0) is 10.4 Å². The van der Waals surface area contributed by atoms with Crippen LogP contribution < -0.4 is 4.18 Å². The Kier molecular flexibility index (Phi) is 2.90. The summed E-state index contributed by atoms with van der Waals surface area (Å²) in [6.45, 7) is 2.16. The molecule has 1 aliphatic rings. The van der Waals surface area contributed by atoms with Gasteiger partial charge in [-0.15, -0.1) is 0 Å². The zero-order chi connectivity index (χ0) is 11.8. The summed E-state index contributed by atoms with van der Waals surface area (Å²) in [5.41, 5.74) is 1.17. The van der Waals surface area contributed by atoms with Gasteiger partial charge in [-0.1, -0.05) is 19.1 Å². The largest absolute Gasteiger partial charge is 0.446 e. The van der Waals surface area contributed by atoms with Crippen LogP contribution in [0.1, 0.15) is 31.2 Å². The molecule has 0 amide bonds. The van der Waals surface area contributed by atoms with Crippen LogP contribution in [0, 0.1) is 5.92 Å². The molecule has 1 aromatic carbocycles. The molecule has 1 aromatic rings. The van der Waals surface area contributed by atoms with Gasteiger partial charge in [0.25, 0.3) is 0 Å². The molecular weight excluding hydrogens is 228 g/mol. The number of rotatable bonds is 4. The summed E-state index contributed by atoms with van der Waals surface area (Å²) in [7, 11) is -4.41. The summed E-state index contributed by atoms with van der Waals surface area (Å²) >= 11 is 0. The van der Waals surface area contributed by atoms with E-state index in [0.29, 0.717) is 5.92 Å². The van der Waals surface area contributed by atoms with Crippen molar-refractivity contribution >= 4 is 10.4 Å². The minimum absolute atomic E-state index is 0.134.